The Morgan fingerprint density at radius 1 is 0.328 bits per heavy atom. The number of rotatable bonds is 56. The van der Waals surface area contributed by atoms with E-state index in [1.807, 2.05) is 0 Å². The van der Waals surface area contributed by atoms with Crippen LogP contribution in [-0.2, 0) is 4.79 Å². The lowest BCUT2D eigenvalue weighted by molar-refractivity contribution is -0.125. The number of hydrogen-bond donors (Lipinski definition) is 4. The Kier molecular flexibility index (Phi) is 54.4. The van der Waals surface area contributed by atoms with Crippen LogP contribution in [0.2, 0.25) is 0 Å². The summed E-state index contributed by atoms with van der Waals surface area (Å²) in [6.07, 6.45) is 67.2. The highest BCUT2D eigenvalue weighted by Crippen LogP contribution is 2.19. The van der Waals surface area contributed by atoms with E-state index in [9.17, 15) is 20.1 Å². The lowest BCUT2D eigenvalue weighted by Crippen LogP contribution is -2.46. The molecule has 0 aliphatic heterocycles. The molecule has 5 heteroatoms. The lowest BCUT2D eigenvalue weighted by Gasteiger charge is -2.23. The number of hydrogen-bond acceptors (Lipinski definition) is 4. The topological polar surface area (TPSA) is 89.8 Å². The fourth-order valence-electron chi connectivity index (χ4n) is 9.88. The van der Waals surface area contributed by atoms with E-state index in [4.69, 9.17) is 0 Å². The van der Waals surface area contributed by atoms with Crippen molar-refractivity contribution in [2.24, 2.45) is 0 Å². The van der Waals surface area contributed by atoms with Gasteiger partial charge in [0.05, 0.1) is 31.3 Å². The first-order valence-corrected chi connectivity index (χ1v) is 29.8. The molecule has 3 unspecified atom stereocenters. The van der Waals surface area contributed by atoms with E-state index in [0.717, 1.165) is 25.7 Å². The van der Waals surface area contributed by atoms with Crippen LogP contribution >= 0.6 is 0 Å². The summed E-state index contributed by atoms with van der Waals surface area (Å²) in [7, 11) is 0. The molecule has 64 heavy (non-hydrogen) atoms. The summed E-state index contributed by atoms with van der Waals surface area (Å²) < 4.78 is 0. The molecule has 3 atom stereocenters. The second-order valence-corrected chi connectivity index (χ2v) is 21.0. The fraction of sp³-hybridized carbons (Fsp3) is 0.983. The number of nitrogens with one attached hydrogen (secondary N) is 1. The zero-order valence-electron chi connectivity index (χ0n) is 44.0. The first-order chi connectivity index (χ1) is 31.5. The molecule has 0 radical (unpaired) electrons. The molecule has 0 heterocycles. The molecule has 384 valence electrons. The highest BCUT2D eigenvalue weighted by atomic mass is 16.3. The molecule has 5 nitrogen and oxygen atoms in total. The molecule has 0 rings (SSSR count). The van der Waals surface area contributed by atoms with Crippen molar-refractivity contribution in [3.8, 4) is 0 Å². The third-order valence-electron chi connectivity index (χ3n) is 14.4. The molecule has 0 fully saturated rings. The summed E-state index contributed by atoms with van der Waals surface area (Å²) in [4.78, 5) is 12.5. The average molecular weight is 907 g/mol. The highest BCUT2D eigenvalue weighted by molar-refractivity contribution is 5.76. The van der Waals surface area contributed by atoms with Crippen molar-refractivity contribution >= 4 is 5.91 Å². The molecule has 0 saturated heterocycles. The second-order valence-electron chi connectivity index (χ2n) is 21.0. The molecular formula is C59H119NO4. The van der Waals surface area contributed by atoms with Crippen LogP contribution in [0.15, 0.2) is 0 Å². The van der Waals surface area contributed by atoms with Gasteiger partial charge < -0.3 is 20.6 Å². The molecule has 0 spiro atoms. The summed E-state index contributed by atoms with van der Waals surface area (Å²) in [5.74, 6) is -0.275. The number of carbonyl (C=O) groups is 1. The maximum absolute atomic E-state index is 12.5. The summed E-state index contributed by atoms with van der Waals surface area (Å²) in [6.45, 7) is 4.30. The fourth-order valence-corrected chi connectivity index (χ4v) is 9.88. The minimum absolute atomic E-state index is 0.0434. The maximum atomic E-state index is 12.5. The largest absolute Gasteiger partial charge is 0.394 e. The van der Waals surface area contributed by atoms with Crippen LogP contribution in [0.4, 0.5) is 0 Å². The van der Waals surface area contributed by atoms with E-state index in [0.29, 0.717) is 12.8 Å². The molecule has 1 amide bonds. The molecule has 0 aromatic rings. The number of amides is 1. The zero-order valence-corrected chi connectivity index (χ0v) is 44.0. The van der Waals surface area contributed by atoms with Crippen molar-refractivity contribution in [3.05, 3.63) is 0 Å². The van der Waals surface area contributed by atoms with Crippen LogP contribution in [0.5, 0.6) is 0 Å². The Balaban J connectivity index is 3.40. The molecule has 4 N–H and O–H groups in total. The van der Waals surface area contributed by atoms with Gasteiger partial charge in [0.1, 0.15) is 0 Å². The van der Waals surface area contributed by atoms with Crippen LogP contribution in [0, 0.1) is 0 Å². The van der Waals surface area contributed by atoms with E-state index in [1.54, 1.807) is 0 Å². The lowest BCUT2D eigenvalue weighted by atomic mass is 10.0. The average Bonchev–Trinajstić information content (AvgIpc) is 3.29. The van der Waals surface area contributed by atoms with E-state index in [2.05, 4.69) is 19.2 Å². The molecular weight excluding hydrogens is 787 g/mol. The minimum atomic E-state index is -0.744. The molecule has 0 aromatic heterocycles. The second kappa shape index (κ2) is 55.0. The standard InChI is InChI=1S/C59H119NO4/c1-3-5-7-9-11-13-15-17-19-20-21-22-23-24-25-26-27-28-29-30-31-32-33-34-35-36-37-38-39-40-42-44-46-48-50-52-56(62)54-59(64)60-57(55-61)58(63)53-51-49-47-45-43-41-18-16-14-12-10-8-6-4-2/h56-58,61-63H,3-55H2,1-2H3,(H,60,64). The van der Waals surface area contributed by atoms with Crippen molar-refractivity contribution in [2.45, 2.75) is 366 Å². The Hall–Kier alpha value is -0.650. The van der Waals surface area contributed by atoms with Crippen molar-refractivity contribution in [3.63, 3.8) is 0 Å². The molecule has 0 aliphatic carbocycles. The molecule has 0 saturated carbocycles. The highest BCUT2D eigenvalue weighted by Gasteiger charge is 2.21. The van der Waals surface area contributed by atoms with Crippen molar-refractivity contribution in [1.82, 2.24) is 5.32 Å². The Morgan fingerprint density at radius 3 is 0.750 bits per heavy atom. The summed E-state index contributed by atoms with van der Waals surface area (Å²) in [5, 5.41) is 33.6. The predicted octanol–water partition coefficient (Wildman–Crippen LogP) is 18.5. The first-order valence-electron chi connectivity index (χ1n) is 29.8. The van der Waals surface area contributed by atoms with Crippen LogP contribution in [-0.4, -0.2) is 46.1 Å². The van der Waals surface area contributed by atoms with Crippen LogP contribution in [0.25, 0.3) is 0 Å². The molecule has 0 bridgehead atoms. The maximum Gasteiger partial charge on any atom is 0.222 e. The van der Waals surface area contributed by atoms with Gasteiger partial charge in [0, 0.05) is 0 Å². The van der Waals surface area contributed by atoms with Crippen molar-refractivity contribution in [1.29, 1.82) is 0 Å². The normalized spacial score (nSPS) is 13.1. The van der Waals surface area contributed by atoms with Gasteiger partial charge in [-0.25, -0.2) is 0 Å². The van der Waals surface area contributed by atoms with E-state index < -0.39 is 18.2 Å². The monoisotopic (exact) mass is 906 g/mol. The van der Waals surface area contributed by atoms with Gasteiger partial charge in [-0.05, 0) is 12.8 Å². The molecule has 0 aliphatic rings. The Labute approximate surface area is 402 Å². The Morgan fingerprint density at radius 2 is 0.531 bits per heavy atom. The third kappa shape index (κ3) is 50.8. The van der Waals surface area contributed by atoms with Gasteiger partial charge in [0.2, 0.25) is 5.91 Å². The quantitative estimate of drug-likeness (QED) is 0.0458. The number of aliphatic hydroxyl groups is 3. The summed E-state index contributed by atoms with van der Waals surface area (Å²) in [5.41, 5.74) is 0. The van der Waals surface area contributed by atoms with Crippen molar-refractivity contribution in [2.75, 3.05) is 6.61 Å². The van der Waals surface area contributed by atoms with Gasteiger partial charge in [-0.2, -0.15) is 0 Å². The number of carbonyl (C=O) groups excluding carboxylic acids is 1. The predicted molar refractivity (Wildman–Crippen MR) is 282 cm³/mol. The van der Waals surface area contributed by atoms with Gasteiger partial charge in [0.25, 0.3) is 0 Å². The van der Waals surface area contributed by atoms with Gasteiger partial charge >= 0.3 is 0 Å². The third-order valence-corrected chi connectivity index (χ3v) is 14.4. The van der Waals surface area contributed by atoms with Gasteiger partial charge in [-0.1, -0.05) is 328 Å². The van der Waals surface area contributed by atoms with Crippen LogP contribution in [0.3, 0.4) is 0 Å². The van der Waals surface area contributed by atoms with Gasteiger partial charge in [-0.15, -0.1) is 0 Å². The number of aliphatic hydroxyl groups excluding tert-OH is 3. The minimum Gasteiger partial charge on any atom is -0.394 e. The summed E-state index contributed by atoms with van der Waals surface area (Å²) >= 11 is 0. The van der Waals surface area contributed by atoms with Gasteiger partial charge in [0.15, 0.2) is 0 Å². The van der Waals surface area contributed by atoms with Crippen LogP contribution in [0.1, 0.15) is 348 Å². The summed E-state index contributed by atoms with van der Waals surface area (Å²) in [6, 6.07) is -0.653. The molecule has 0 aromatic carbocycles. The van der Waals surface area contributed by atoms with E-state index in [-0.39, 0.29) is 18.9 Å². The van der Waals surface area contributed by atoms with Crippen LogP contribution < -0.4 is 5.32 Å². The van der Waals surface area contributed by atoms with Gasteiger partial charge in [-0.3, -0.25) is 4.79 Å². The van der Waals surface area contributed by atoms with Crippen molar-refractivity contribution < 1.29 is 20.1 Å². The zero-order chi connectivity index (χ0) is 46.5. The Bertz CT molecular complexity index is 868. The SMILES string of the molecule is CCCCCCCCCCCCCCCCCCCCCCCCCCCCCCCCCCCCCC(O)CC(=O)NC(CO)C(O)CCCCCCCCCCCCCCCC. The van der Waals surface area contributed by atoms with E-state index >= 15 is 0 Å². The smallest absolute Gasteiger partial charge is 0.222 e. The van der Waals surface area contributed by atoms with E-state index in [1.165, 1.54) is 289 Å². The number of unbranched alkanes of at least 4 members (excludes halogenated alkanes) is 47. The first kappa shape index (κ1) is 63.4.